The van der Waals surface area contributed by atoms with Crippen LogP contribution in [0.5, 0.6) is 0 Å². The number of rotatable bonds is 3. The number of hydrogen-bond acceptors (Lipinski definition) is 4. The Hall–Kier alpha value is -2.15. The summed E-state index contributed by atoms with van der Waals surface area (Å²) in [5, 5.41) is 3.64. The Labute approximate surface area is 162 Å². The van der Waals surface area contributed by atoms with Crippen LogP contribution in [0, 0.1) is 0 Å². The minimum absolute atomic E-state index is 0.477. The zero-order valence-electron chi connectivity index (χ0n) is 14.8. The van der Waals surface area contributed by atoms with E-state index in [1.807, 2.05) is 13.1 Å². The maximum Gasteiger partial charge on any atom is 0.225 e. The van der Waals surface area contributed by atoms with Crippen LogP contribution in [-0.4, -0.2) is 60.1 Å². The molecule has 4 rings (SSSR count). The van der Waals surface area contributed by atoms with Gasteiger partial charge in [0.05, 0.1) is 0 Å². The van der Waals surface area contributed by atoms with Gasteiger partial charge in [-0.15, -0.1) is 0 Å². The molecule has 1 saturated carbocycles. The number of halogens is 1. The Morgan fingerprint density at radius 2 is 1.81 bits per heavy atom. The average Bonchev–Trinajstić information content (AvgIpc) is 3.47. The van der Waals surface area contributed by atoms with Gasteiger partial charge in [-0.3, -0.25) is 4.99 Å². The molecule has 2 fully saturated rings. The molecular formula is C19H23BrN6. The Kier molecular flexibility index (Phi) is 5.06. The number of hydrogen-bond donors (Lipinski definition) is 1. The summed E-state index contributed by atoms with van der Waals surface area (Å²) in [6.45, 7) is 3.66. The molecule has 136 valence electrons. The fraction of sp³-hybridized carbons (Fsp3) is 0.421. The van der Waals surface area contributed by atoms with Crippen molar-refractivity contribution in [2.75, 3.05) is 38.1 Å². The highest BCUT2D eigenvalue weighted by atomic mass is 79.9. The molecule has 1 aromatic carbocycles. The Balaban J connectivity index is 1.31. The van der Waals surface area contributed by atoms with Gasteiger partial charge in [-0.05, 0) is 30.2 Å². The first kappa shape index (κ1) is 17.3. The van der Waals surface area contributed by atoms with E-state index in [0.29, 0.717) is 12.0 Å². The fourth-order valence-electron chi connectivity index (χ4n) is 3.47. The molecule has 1 aliphatic heterocycles. The fourth-order valence-corrected chi connectivity index (χ4v) is 3.73. The molecule has 1 N–H and O–H groups in total. The third-order valence-corrected chi connectivity index (χ3v) is 5.56. The average molecular weight is 415 g/mol. The van der Waals surface area contributed by atoms with Crippen molar-refractivity contribution in [3.8, 4) is 0 Å². The summed E-state index contributed by atoms with van der Waals surface area (Å²) in [7, 11) is 1.87. The third kappa shape index (κ3) is 3.82. The van der Waals surface area contributed by atoms with E-state index in [1.54, 1.807) is 12.4 Å². The van der Waals surface area contributed by atoms with E-state index in [2.05, 4.69) is 70.3 Å². The Morgan fingerprint density at radius 3 is 2.46 bits per heavy atom. The van der Waals surface area contributed by atoms with E-state index in [-0.39, 0.29) is 0 Å². The number of nitrogens with one attached hydrogen (secondary N) is 1. The van der Waals surface area contributed by atoms with Gasteiger partial charge in [-0.1, -0.05) is 28.1 Å². The molecule has 2 heterocycles. The molecule has 1 aliphatic carbocycles. The molecule has 1 saturated heterocycles. The van der Waals surface area contributed by atoms with Crippen LogP contribution in [0.25, 0.3) is 0 Å². The van der Waals surface area contributed by atoms with E-state index in [9.17, 15) is 0 Å². The standard InChI is InChI=1S/C19H23BrN6/c1-21-18(24-17-13-16(17)14-3-5-15(20)6-4-14)25-9-11-26(12-10-25)19-22-7-2-8-23-19/h2-8,16-17H,9-13H2,1H3,(H,21,24). The van der Waals surface area contributed by atoms with Crippen molar-refractivity contribution in [1.29, 1.82) is 0 Å². The van der Waals surface area contributed by atoms with Gasteiger partial charge in [0.2, 0.25) is 5.95 Å². The van der Waals surface area contributed by atoms with Crippen molar-refractivity contribution >= 4 is 27.8 Å². The van der Waals surface area contributed by atoms with Crippen LogP contribution in [0.1, 0.15) is 17.9 Å². The molecule has 6 nitrogen and oxygen atoms in total. The molecule has 2 aromatic rings. The minimum atomic E-state index is 0.477. The second kappa shape index (κ2) is 7.61. The molecule has 0 amide bonds. The normalized spacial score (nSPS) is 23.1. The summed E-state index contributed by atoms with van der Waals surface area (Å²) in [5.41, 5.74) is 1.40. The number of piperazine rings is 1. The lowest BCUT2D eigenvalue weighted by molar-refractivity contribution is 0.369. The number of guanidine groups is 1. The SMILES string of the molecule is CN=C(NC1CC1c1ccc(Br)cc1)N1CCN(c2ncccn2)CC1. The number of nitrogens with zero attached hydrogens (tertiary/aromatic N) is 5. The Bertz CT molecular complexity index is 755. The molecule has 2 atom stereocenters. The molecule has 1 aromatic heterocycles. The first-order chi connectivity index (χ1) is 12.7. The molecular weight excluding hydrogens is 392 g/mol. The number of aromatic nitrogens is 2. The van der Waals surface area contributed by atoms with Gasteiger partial charge >= 0.3 is 0 Å². The topological polar surface area (TPSA) is 56.7 Å². The van der Waals surface area contributed by atoms with E-state index < -0.39 is 0 Å². The van der Waals surface area contributed by atoms with Crippen LogP contribution in [0.3, 0.4) is 0 Å². The van der Waals surface area contributed by atoms with E-state index >= 15 is 0 Å². The van der Waals surface area contributed by atoms with Crippen molar-refractivity contribution in [2.45, 2.75) is 18.4 Å². The largest absolute Gasteiger partial charge is 0.353 e. The lowest BCUT2D eigenvalue weighted by Crippen LogP contribution is -2.53. The first-order valence-corrected chi connectivity index (χ1v) is 9.79. The van der Waals surface area contributed by atoms with Crippen LogP contribution < -0.4 is 10.2 Å². The van der Waals surface area contributed by atoms with Crippen LogP contribution >= 0.6 is 15.9 Å². The molecule has 2 aliphatic rings. The van der Waals surface area contributed by atoms with Crippen molar-refractivity contribution < 1.29 is 0 Å². The van der Waals surface area contributed by atoms with Gasteiger partial charge in [0, 0.05) is 62.1 Å². The maximum atomic E-state index is 4.51. The van der Waals surface area contributed by atoms with Crippen LogP contribution in [0.2, 0.25) is 0 Å². The first-order valence-electron chi connectivity index (χ1n) is 9.00. The van der Waals surface area contributed by atoms with Crippen molar-refractivity contribution in [3.63, 3.8) is 0 Å². The monoisotopic (exact) mass is 414 g/mol. The van der Waals surface area contributed by atoms with Crippen LogP contribution in [0.4, 0.5) is 5.95 Å². The highest BCUT2D eigenvalue weighted by Gasteiger charge is 2.39. The van der Waals surface area contributed by atoms with Crippen LogP contribution in [-0.2, 0) is 0 Å². The zero-order valence-corrected chi connectivity index (χ0v) is 16.4. The highest BCUT2D eigenvalue weighted by Crippen LogP contribution is 2.41. The molecule has 0 spiro atoms. The van der Waals surface area contributed by atoms with Crippen molar-refractivity contribution in [1.82, 2.24) is 20.2 Å². The number of aliphatic imine (C=N–C) groups is 1. The van der Waals surface area contributed by atoms with E-state index in [0.717, 1.165) is 42.6 Å². The number of anilines is 1. The number of benzene rings is 1. The quantitative estimate of drug-likeness (QED) is 0.617. The van der Waals surface area contributed by atoms with Gasteiger partial charge in [-0.2, -0.15) is 0 Å². The highest BCUT2D eigenvalue weighted by molar-refractivity contribution is 9.10. The van der Waals surface area contributed by atoms with Gasteiger partial charge in [0.25, 0.3) is 0 Å². The van der Waals surface area contributed by atoms with Gasteiger partial charge in [0.15, 0.2) is 5.96 Å². The summed E-state index contributed by atoms with van der Waals surface area (Å²) in [6.07, 6.45) is 4.76. The summed E-state index contributed by atoms with van der Waals surface area (Å²) in [5.74, 6) is 2.40. The van der Waals surface area contributed by atoms with Gasteiger partial charge in [-0.25, -0.2) is 9.97 Å². The molecule has 7 heteroatoms. The van der Waals surface area contributed by atoms with Crippen molar-refractivity contribution in [3.05, 3.63) is 52.8 Å². The summed E-state index contributed by atoms with van der Waals surface area (Å²) < 4.78 is 1.13. The summed E-state index contributed by atoms with van der Waals surface area (Å²) in [4.78, 5) is 17.8. The van der Waals surface area contributed by atoms with Gasteiger partial charge in [0.1, 0.15) is 0 Å². The minimum Gasteiger partial charge on any atom is -0.353 e. The molecule has 0 bridgehead atoms. The maximum absolute atomic E-state index is 4.51. The van der Waals surface area contributed by atoms with Gasteiger partial charge < -0.3 is 15.1 Å². The summed E-state index contributed by atoms with van der Waals surface area (Å²) in [6, 6.07) is 11.0. The lowest BCUT2D eigenvalue weighted by atomic mass is 10.1. The molecule has 0 radical (unpaired) electrons. The summed E-state index contributed by atoms with van der Waals surface area (Å²) >= 11 is 3.50. The Morgan fingerprint density at radius 1 is 1.12 bits per heavy atom. The predicted molar refractivity (Wildman–Crippen MR) is 108 cm³/mol. The smallest absolute Gasteiger partial charge is 0.225 e. The van der Waals surface area contributed by atoms with Crippen LogP contribution in [0.15, 0.2) is 52.2 Å². The predicted octanol–water partition coefficient (Wildman–Crippen LogP) is 2.49. The third-order valence-electron chi connectivity index (χ3n) is 5.03. The zero-order chi connectivity index (χ0) is 17.9. The van der Waals surface area contributed by atoms with E-state index in [1.165, 1.54) is 12.0 Å². The van der Waals surface area contributed by atoms with Crippen molar-refractivity contribution in [2.24, 2.45) is 4.99 Å². The second-order valence-corrected chi connectivity index (χ2v) is 7.63. The lowest BCUT2D eigenvalue weighted by Gasteiger charge is -2.36. The van der Waals surface area contributed by atoms with E-state index in [4.69, 9.17) is 0 Å². The molecule has 26 heavy (non-hydrogen) atoms. The second-order valence-electron chi connectivity index (χ2n) is 6.71. The molecule has 2 unspecified atom stereocenters.